The zero-order valence-corrected chi connectivity index (χ0v) is 10.8. The van der Waals surface area contributed by atoms with E-state index in [4.69, 9.17) is 5.73 Å². The van der Waals surface area contributed by atoms with Crippen LogP contribution >= 0.6 is 27.3 Å². The van der Waals surface area contributed by atoms with E-state index in [1.54, 1.807) is 22.2 Å². The lowest BCUT2D eigenvalue weighted by molar-refractivity contribution is 0.561. The molecule has 2 aromatic heterocycles. The van der Waals surface area contributed by atoms with Gasteiger partial charge in [0.1, 0.15) is 5.82 Å². The van der Waals surface area contributed by atoms with Crippen LogP contribution in [0.4, 0.5) is 5.82 Å². The van der Waals surface area contributed by atoms with Gasteiger partial charge >= 0.3 is 0 Å². The Bertz CT molecular complexity index is 476. The fraction of sp³-hybridized carbons (Fsp3) is 0.333. The molecule has 80 valence electrons. The van der Waals surface area contributed by atoms with E-state index in [9.17, 15) is 0 Å². The summed E-state index contributed by atoms with van der Waals surface area (Å²) in [4.78, 5) is 4.42. The first-order valence-electron chi connectivity index (χ1n) is 4.50. The summed E-state index contributed by atoms with van der Waals surface area (Å²) in [5.74, 6) is 0.633. The Morgan fingerprint density at radius 2 is 2.33 bits per heavy atom. The van der Waals surface area contributed by atoms with E-state index in [0.29, 0.717) is 5.82 Å². The second-order valence-electron chi connectivity index (χ2n) is 3.29. The van der Waals surface area contributed by atoms with Crippen LogP contribution in [-0.2, 0) is 0 Å². The Morgan fingerprint density at radius 3 is 2.80 bits per heavy atom. The van der Waals surface area contributed by atoms with Crippen molar-refractivity contribution >= 4 is 33.1 Å². The number of thiazole rings is 1. The van der Waals surface area contributed by atoms with Gasteiger partial charge in [0.2, 0.25) is 0 Å². The van der Waals surface area contributed by atoms with E-state index in [-0.39, 0.29) is 6.04 Å². The van der Waals surface area contributed by atoms with Gasteiger partial charge in [0.15, 0.2) is 0 Å². The molecule has 2 aromatic rings. The highest BCUT2D eigenvalue weighted by atomic mass is 79.9. The van der Waals surface area contributed by atoms with Crippen molar-refractivity contribution in [2.45, 2.75) is 19.9 Å². The SMILES string of the molecule is Cc1nc(C(C)n2ncc(Br)c2N)cs1. The monoisotopic (exact) mass is 286 g/mol. The van der Waals surface area contributed by atoms with Crippen molar-refractivity contribution in [1.29, 1.82) is 0 Å². The summed E-state index contributed by atoms with van der Waals surface area (Å²) < 4.78 is 2.58. The number of rotatable bonds is 2. The summed E-state index contributed by atoms with van der Waals surface area (Å²) >= 11 is 4.97. The molecule has 0 aliphatic heterocycles. The van der Waals surface area contributed by atoms with Gasteiger partial charge in [0, 0.05) is 5.38 Å². The summed E-state index contributed by atoms with van der Waals surface area (Å²) in [6.07, 6.45) is 1.70. The highest BCUT2D eigenvalue weighted by molar-refractivity contribution is 9.10. The Morgan fingerprint density at radius 1 is 1.60 bits per heavy atom. The van der Waals surface area contributed by atoms with Gasteiger partial charge in [0.25, 0.3) is 0 Å². The van der Waals surface area contributed by atoms with Crippen LogP contribution in [0.25, 0.3) is 0 Å². The molecule has 0 aromatic carbocycles. The van der Waals surface area contributed by atoms with Crippen molar-refractivity contribution in [1.82, 2.24) is 14.8 Å². The van der Waals surface area contributed by atoms with Crippen LogP contribution in [0.3, 0.4) is 0 Å². The van der Waals surface area contributed by atoms with Crippen molar-refractivity contribution in [2.75, 3.05) is 5.73 Å². The normalized spacial score (nSPS) is 13.0. The Kier molecular flexibility index (Phi) is 2.79. The number of nitrogens with zero attached hydrogens (tertiary/aromatic N) is 3. The van der Waals surface area contributed by atoms with Gasteiger partial charge in [-0.05, 0) is 29.8 Å². The van der Waals surface area contributed by atoms with E-state index in [0.717, 1.165) is 15.2 Å². The number of hydrogen-bond acceptors (Lipinski definition) is 4. The number of halogens is 1. The molecule has 6 heteroatoms. The summed E-state index contributed by atoms with van der Waals surface area (Å²) in [6.45, 7) is 4.02. The molecule has 0 fully saturated rings. The van der Waals surface area contributed by atoms with Crippen LogP contribution < -0.4 is 5.73 Å². The molecular formula is C9H11BrN4S. The number of nitrogen functional groups attached to an aromatic ring is 1. The van der Waals surface area contributed by atoms with E-state index in [2.05, 4.69) is 26.0 Å². The summed E-state index contributed by atoms with van der Waals surface area (Å²) in [5.41, 5.74) is 6.88. The van der Waals surface area contributed by atoms with Gasteiger partial charge in [-0.25, -0.2) is 9.67 Å². The highest BCUT2D eigenvalue weighted by Crippen LogP contribution is 2.26. The van der Waals surface area contributed by atoms with Crippen molar-refractivity contribution < 1.29 is 0 Å². The fourth-order valence-electron chi connectivity index (χ4n) is 1.36. The molecule has 0 aliphatic carbocycles. The predicted molar refractivity (Wildman–Crippen MR) is 65.0 cm³/mol. The maximum atomic E-state index is 5.88. The van der Waals surface area contributed by atoms with E-state index < -0.39 is 0 Å². The molecule has 1 atom stereocenters. The molecule has 0 bridgehead atoms. The third-order valence-corrected chi connectivity index (χ3v) is 3.62. The molecule has 2 heterocycles. The van der Waals surface area contributed by atoms with Gasteiger partial charge in [-0.2, -0.15) is 5.10 Å². The maximum Gasteiger partial charge on any atom is 0.136 e. The van der Waals surface area contributed by atoms with Crippen LogP contribution in [0, 0.1) is 6.92 Å². The van der Waals surface area contributed by atoms with Crippen molar-refractivity contribution in [3.8, 4) is 0 Å². The van der Waals surface area contributed by atoms with Crippen LogP contribution in [0.5, 0.6) is 0 Å². The first-order valence-corrected chi connectivity index (χ1v) is 6.17. The summed E-state index contributed by atoms with van der Waals surface area (Å²) in [7, 11) is 0. The highest BCUT2D eigenvalue weighted by Gasteiger charge is 2.15. The van der Waals surface area contributed by atoms with Gasteiger partial charge in [-0.1, -0.05) is 0 Å². The average Bonchev–Trinajstić information content (AvgIpc) is 2.75. The smallest absolute Gasteiger partial charge is 0.136 e. The van der Waals surface area contributed by atoms with Crippen LogP contribution in [0.1, 0.15) is 23.7 Å². The molecule has 15 heavy (non-hydrogen) atoms. The van der Waals surface area contributed by atoms with E-state index in [1.165, 1.54) is 0 Å². The second kappa shape index (κ2) is 3.94. The van der Waals surface area contributed by atoms with Crippen LogP contribution in [0.2, 0.25) is 0 Å². The molecule has 1 unspecified atom stereocenters. The third kappa shape index (κ3) is 1.91. The van der Waals surface area contributed by atoms with Crippen molar-refractivity contribution in [2.24, 2.45) is 0 Å². The Balaban J connectivity index is 2.36. The minimum Gasteiger partial charge on any atom is -0.383 e. The van der Waals surface area contributed by atoms with Gasteiger partial charge in [-0.15, -0.1) is 11.3 Å². The lowest BCUT2D eigenvalue weighted by Crippen LogP contribution is -2.11. The Hall–Kier alpha value is -0.880. The molecule has 4 nitrogen and oxygen atoms in total. The number of nitrogens with two attached hydrogens (primary N) is 1. The number of anilines is 1. The van der Waals surface area contributed by atoms with Gasteiger partial charge < -0.3 is 5.73 Å². The molecule has 0 spiro atoms. The summed E-state index contributed by atoms with van der Waals surface area (Å²) in [6, 6.07) is 0.0706. The number of aryl methyl sites for hydroxylation is 1. The largest absolute Gasteiger partial charge is 0.383 e. The maximum absolute atomic E-state index is 5.88. The van der Waals surface area contributed by atoms with E-state index in [1.807, 2.05) is 19.2 Å². The first-order chi connectivity index (χ1) is 7.09. The number of hydrogen-bond donors (Lipinski definition) is 1. The fourth-order valence-corrected chi connectivity index (χ4v) is 2.33. The minimum absolute atomic E-state index is 0.0706. The molecule has 0 aliphatic rings. The van der Waals surface area contributed by atoms with Crippen molar-refractivity contribution in [3.05, 3.63) is 26.8 Å². The average molecular weight is 287 g/mol. The molecule has 0 amide bonds. The Labute approximate surface area is 100 Å². The first kappa shape index (κ1) is 10.6. The molecule has 2 rings (SSSR count). The standard InChI is InChI=1S/C9H11BrN4S/c1-5(8-4-15-6(2)13-8)14-9(11)7(10)3-12-14/h3-5H,11H2,1-2H3. The molecule has 0 saturated carbocycles. The quantitative estimate of drug-likeness (QED) is 0.923. The lowest BCUT2D eigenvalue weighted by Gasteiger charge is -2.11. The van der Waals surface area contributed by atoms with E-state index >= 15 is 0 Å². The number of aromatic nitrogens is 3. The predicted octanol–water partition coefficient (Wildman–Crippen LogP) is 2.60. The van der Waals surface area contributed by atoms with Crippen LogP contribution in [-0.4, -0.2) is 14.8 Å². The molecule has 0 radical (unpaired) electrons. The molecular weight excluding hydrogens is 276 g/mol. The van der Waals surface area contributed by atoms with Gasteiger partial charge in [0.05, 0.1) is 27.4 Å². The zero-order chi connectivity index (χ0) is 11.0. The molecule has 0 saturated heterocycles. The second-order valence-corrected chi connectivity index (χ2v) is 5.21. The minimum atomic E-state index is 0.0706. The lowest BCUT2D eigenvalue weighted by atomic mass is 10.3. The van der Waals surface area contributed by atoms with Crippen molar-refractivity contribution in [3.63, 3.8) is 0 Å². The zero-order valence-electron chi connectivity index (χ0n) is 8.44. The topological polar surface area (TPSA) is 56.7 Å². The van der Waals surface area contributed by atoms with Gasteiger partial charge in [-0.3, -0.25) is 0 Å². The summed E-state index contributed by atoms with van der Waals surface area (Å²) in [5, 5.41) is 7.30. The molecule has 2 N–H and O–H groups in total. The third-order valence-electron chi connectivity index (χ3n) is 2.22. The van der Waals surface area contributed by atoms with Crippen LogP contribution in [0.15, 0.2) is 16.0 Å².